The third-order valence-electron chi connectivity index (χ3n) is 4.44. The van der Waals surface area contributed by atoms with Gasteiger partial charge in [-0.3, -0.25) is 4.79 Å². The highest BCUT2D eigenvalue weighted by atomic mass is 32.1. The number of aromatic nitrogens is 2. The molecule has 136 valence electrons. The number of hydrogen-bond donors (Lipinski definition) is 2. The maximum atomic E-state index is 13.1. The molecule has 0 aliphatic heterocycles. The number of aromatic amines is 1. The number of nitrogens with one attached hydrogen (secondary N) is 1. The Hall–Kier alpha value is -2.96. The second-order valence-corrected chi connectivity index (χ2v) is 7.35. The molecule has 1 aromatic carbocycles. The van der Waals surface area contributed by atoms with E-state index in [1.807, 2.05) is 65.7 Å². The smallest absolute Gasteiger partial charge is 0.264 e. The molecule has 0 aliphatic rings. The summed E-state index contributed by atoms with van der Waals surface area (Å²) in [6, 6.07) is 17.9. The first kappa shape index (κ1) is 17.5. The summed E-state index contributed by atoms with van der Waals surface area (Å²) in [6.45, 7) is 1.52. The zero-order chi connectivity index (χ0) is 18.6. The summed E-state index contributed by atoms with van der Waals surface area (Å²) in [7, 11) is 0. The molecule has 0 saturated carbocycles. The summed E-state index contributed by atoms with van der Waals surface area (Å²) in [5.41, 5.74) is 8.77. The fourth-order valence-electron chi connectivity index (χ4n) is 3.14. The van der Waals surface area contributed by atoms with Crippen LogP contribution in [-0.2, 0) is 6.54 Å². The van der Waals surface area contributed by atoms with Gasteiger partial charge in [-0.05, 0) is 29.8 Å². The molecule has 3 N–H and O–H groups in total. The molecule has 27 heavy (non-hydrogen) atoms. The Bertz CT molecular complexity index is 1050. The molecule has 4 aromatic rings. The number of nitrogens with zero attached hydrogens (tertiary/aromatic N) is 2. The van der Waals surface area contributed by atoms with Crippen molar-refractivity contribution in [2.45, 2.75) is 6.54 Å². The maximum absolute atomic E-state index is 13.1. The zero-order valence-corrected chi connectivity index (χ0v) is 15.6. The van der Waals surface area contributed by atoms with E-state index in [0.717, 1.165) is 31.9 Å². The minimum absolute atomic E-state index is 0.0138. The molecule has 5 nitrogen and oxygen atoms in total. The largest absolute Gasteiger partial charge is 0.346 e. The topological polar surface area (TPSA) is 75.0 Å². The number of pyridine rings is 1. The predicted molar refractivity (Wildman–Crippen MR) is 110 cm³/mol. The summed E-state index contributed by atoms with van der Waals surface area (Å²) >= 11 is 1.50. The summed E-state index contributed by atoms with van der Waals surface area (Å²) in [6.07, 6.45) is 3.66. The number of nitrogens with two attached hydrogens (primary N) is 1. The van der Waals surface area contributed by atoms with Crippen molar-refractivity contribution in [1.29, 1.82) is 0 Å². The minimum Gasteiger partial charge on any atom is -0.346 e. The van der Waals surface area contributed by atoms with E-state index in [2.05, 4.69) is 9.97 Å². The van der Waals surface area contributed by atoms with Crippen LogP contribution in [0.3, 0.4) is 0 Å². The van der Waals surface area contributed by atoms with E-state index in [4.69, 9.17) is 5.73 Å². The van der Waals surface area contributed by atoms with Gasteiger partial charge in [-0.15, -0.1) is 11.3 Å². The Morgan fingerprint density at radius 2 is 1.96 bits per heavy atom. The lowest BCUT2D eigenvalue weighted by Gasteiger charge is -2.21. The van der Waals surface area contributed by atoms with Crippen LogP contribution in [0.5, 0.6) is 0 Å². The summed E-state index contributed by atoms with van der Waals surface area (Å²) in [5.74, 6) is 0.0138. The van der Waals surface area contributed by atoms with Gasteiger partial charge in [0.15, 0.2) is 0 Å². The van der Waals surface area contributed by atoms with E-state index in [-0.39, 0.29) is 5.91 Å². The number of hydrogen-bond acceptors (Lipinski definition) is 4. The van der Waals surface area contributed by atoms with Gasteiger partial charge >= 0.3 is 0 Å². The monoisotopic (exact) mass is 376 g/mol. The number of benzene rings is 1. The summed E-state index contributed by atoms with van der Waals surface area (Å²) in [5, 5.41) is 1.06. The molecule has 6 heteroatoms. The van der Waals surface area contributed by atoms with E-state index in [1.54, 1.807) is 6.20 Å². The summed E-state index contributed by atoms with van der Waals surface area (Å²) in [4.78, 5) is 24.1. The van der Waals surface area contributed by atoms with Crippen molar-refractivity contribution in [3.8, 4) is 10.4 Å². The Morgan fingerprint density at radius 1 is 1.11 bits per heavy atom. The third kappa shape index (κ3) is 3.63. The highest BCUT2D eigenvalue weighted by molar-refractivity contribution is 7.17. The van der Waals surface area contributed by atoms with E-state index >= 15 is 0 Å². The molecule has 0 fully saturated rings. The van der Waals surface area contributed by atoms with Crippen LogP contribution in [0.25, 0.3) is 21.5 Å². The Balaban J connectivity index is 1.61. The summed E-state index contributed by atoms with van der Waals surface area (Å²) < 4.78 is 0. The fraction of sp³-hybridized carbons (Fsp3) is 0.143. The van der Waals surface area contributed by atoms with E-state index in [9.17, 15) is 4.79 Å². The SMILES string of the molecule is NCCN(Cc1ccccc1)C(=O)c1ccc(-c2ccnc3[nH]ccc23)s1. The van der Waals surface area contributed by atoms with Gasteiger partial charge in [0.05, 0.1) is 4.88 Å². The molecule has 1 amide bonds. The first-order valence-corrected chi connectivity index (χ1v) is 9.63. The van der Waals surface area contributed by atoms with Crippen LogP contribution in [0.4, 0.5) is 0 Å². The van der Waals surface area contributed by atoms with Crippen LogP contribution in [0, 0.1) is 0 Å². The molecular formula is C21H20N4OS. The third-order valence-corrected chi connectivity index (χ3v) is 5.55. The molecule has 0 unspecified atom stereocenters. The van der Waals surface area contributed by atoms with Crippen LogP contribution >= 0.6 is 11.3 Å². The van der Waals surface area contributed by atoms with Gasteiger partial charge in [-0.1, -0.05) is 30.3 Å². The van der Waals surface area contributed by atoms with Gasteiger partial charge < -0.3 is 15.6 Å². The first-order chi connectivity index (χ1) is 13.3. The molecule has 0 spiro atoms. The second-order valence-electron chi connectivity index (χ2n) is 6.26. The molecule has 0 bridgehead atoms. The predicted octanol–water partition coefficient (Wildman–Crippen LogP) is 3.89. The number of H-pyrrole nitrogens is 1. The molecular weight excluding hydrogens is 356 g/mol. The van der Waals surface area contributed by atoms with Crippen LogP contribution in [0.15, 0.2) is 67.0 Å². The van der Waals surface area contributed by atoms with Crippen molar-refractivity contribution in [3.05, 3.63) is 77.4 Å². The number of carbonyl (C=O) groups excluding carboxylic acids is 1. The lowest BCUT2D eigenvalue weighted by atomic mass is 10.1. The maximum Gasteiger partial charge on any atom is 0.264 e. The average molecular weight is 376 g/mol. The first-order valence-electron chi connectivity index (χ1n) is 8.82. The number of fused-ring (bicyclic) bond motifs is 1. The average Bonchev–Trinajstić information content (AvgIpc) is 3.37. The van der Waals surface area contributed by atoms with Crippen molar-refractivity contribution in [3.63, 3.8) is 0 Å². The Labute approximate surface area is 161 Å². The normalized spacial score (nSPS) is 11.0. The highest BCUT2D eigenvalue weighted by Crippen LogP contribution is 2.33. The lowest BCUT2D eigenvalue weighted by molar-refractivity contribution is 0.0753. The van der Waals surface area contributed by atoms with Crippen molar-refractivity contribution in [2.75, 3.05) is 13.1 Å². The zero-order valence-electron chi connectivity index (χ0n) is 14.8. The number of carbonyl (C=O) groups is 1. The Kier molecular flexibility index (Phi) is 5.00. The molecule has 3 heterocycles. The minimum atomic E-state index is 0.0138. The number of thiophene rings is 1. The van der Waals surface area contributed by atoms with Gasteiger partial charge in [0.1, 0.15) is 5.65 Å². The molecule has 0 saturated heterocycles. The second kappa shape index (κ2) is 7.73. The van der Waals surface area contributed by atoms with E-state index in [0.29, 0.717) is 19.6 Å². The lowest BCUT2D eigenvalue weighted by Crippen LogP contribution is -2.34. The standard InChI is InChI=1S/C21H20N4OS/c22-10-13-25(14-15-4-2-1-3-5-15)21(26)19-7-6-18(27-19)16-8-11-23-20-17(16)9-12-24-20/h1-9,11-12H,10,13-14,22H2,(H,23,24). The van der Waals surface area contributed by atoms with Crippen LogP contribution in [-0.4, -0.2) is 33.9 Å². The fourth-order valence-corrected chi connectivity index (χ4v) is 4.15. The molecule has 0 aliphatic carbocycles. The highest BCUT2D eigenvalue weighted by Gasteiger charge is 2.18. The quantitative estimate of drug-likeness (QED) is 0.536. The molecule has 0 radical (unpaired) electrons. The van der Waals surface area contributed by atoms with E-state index in [1.165, 1.54) is 11.3 Å². The molecule has 4 rings (SSSR count). The number of amides is 1. The van der Waals surface area contributed by atoms with Crippen molar-refractivity contribution >= 4 is 28.3 Å². The van der Waals surface area contributed by atoms with E-state index < -0.39 is 0 Å². The van der Waals surface area contributed by atoms with Gasteiger partial charge in [-0.25, -0.2) is 4.98 Å². The van der Waals surface area contributed by atoms with Gasteiger partial charge in [0.25, 0.3) is 5.91 Å². The van der Waals surface area contributed by atoms with Crippen molar-refractivity contribution < 1.29 is 4.79 Å². The van der Waals surface area contributed by atoms with Crippen LogP contribution in [0.2, 0.25) is 0 Å². The molecule has 3 aromatic heterocycles. The van der Waals surface area contributed by atoms with Crippen molar-refractivity contribution in [2.24, 2.45) is 5.73 Å². The van der Waals surface area contributed by atoms with Crippen molar-refractivity contribution in [1.82, 2.24) is 14.9 Å². The van der Waals surface area contributed by atoms with Crippen LogP contribution < -0.4 is 5.73 Å². The Morgan fingerprint density at radius 3 is 2.78 bits per heavy atom. The van der Waals surface area contributed by atoms with Crippen LogP contribution in [0.1, 0.15) is 15.2 Å². The van der Waals surface area contributed by atoms with Gasteiger partial charge in [0, 0.05) is 47.9 Å². The van der Waals surface area contributed by atoms with Gasteiger partial charge in [-0.2, -0.15) is 0 Å². The van der Waals surface area contributed by atoms with Gasteiger partial charge in [0.2, 0.25) is 0 Å². The molecule has 0 atom stereocenters. The number of rotatable bonds is 6.